The minimum atomic E-state index is -4.43. The van der Waals surface area contributed by atoms with Gasteiger partial charge in [0.1, 0.15) is 12.6 Å². The first-order valence-electron chi connectivity index (χ1n) is 6.57. The predicted octanol–water partition coefficient (Wildman–Crippen LogP) is 1.08. The van der Waals surface area contributed by atoms with Crippen LogP contribution in [0.1, 0.15) is 26.2 Å². The molecule has 0 radical (unpaired) electrons. The highest BCUT2D eigenvalue weighted by molar-refractivity contribution is 5.80. The SMILES string of the molecule is CCOC(=O)C1CCCCN1CC(=O)NCC(F)(F)F. The van der Waals surface area contributed by atoms with Crippen molar-refractivity contribution in [2.45, 2.75) is 38.4 Å². The minimum absolute atomic E-state index is 0.223. The Bertz CT molecular complexity index is 347. The normalized spacial score (nSPS) is 20.5. The number of piperidine rings is 1. The van der Waals surface area contributed by atoms with Gasteiger partial charge in [-0.15, -0.1) is 0 Å². The standard InChI is InChI=1S/C12H19F3N2O3/c1-2-20-11(19)9-5-3-4-6-17(9)7-10(18)16-8-12(13,14)15/h9H,2-8H2,1H3,(H,16,18). The molecule has 1 amide bonds. The van der Waals surface area contributed by atoms with Gasteiger partial charge in [-0.1, -0.05) is 6.42 Å². The fraction of sp³-hybridized carbons (Fsp3) is 0.833. The maximum Gasteiger partial charge on any atom is 0.405 e. The zero-order valence-electron chi connectivity index (χ0n) is 11.3. The lowest BCUT2D eigenvalue weighted by Crippen LogP contribution is -2.50. The van der Waals surface area contributed by atoms with Crippen molar-refractivity contribution < 1.29 is 27.5 Å². The van der Waals surface area contributed by atoms with Crippen LogP contribution >= 0.6 is 0 Å². The van der Waals surface area contributed by atoms with E-state index in [1.165, 1.54) is 0 Å². The number of rotatable bonds is 5. The first-order chi connectivity index (χ1) is 9.33. The van der Waals surface area contributed by atoms with E-state index in [4.69, 9.17) is 4.74 Å². The number of nitrogens with zero attached hydrogens (tertiary/aromatic N) is 1. The van der Waals surface area contributed by atoms with E-state index in [0.717, 1.165) is 12.8 Å². The summed E-state index contributed by atoms with van der Waals surface area (Å²) in [6.45, 7) is 0.844. The second-order valence-corrected chi connectivity index (χ2v) is 4.63. The highest BCUT2D eigenvalue weighted by atomic mass is 19.4. The molecule has 0 spiro atoms. The second-order valence-electron chi connectivity index (χ2n) is 4.63. The fourth-order valence-corrected chi connectivity index (χ4v) is 2.12. The number of ether oxygens (including phenoxy) is 1. The van der Waals surface area contributed by atoms with E-state index < -0.39 is 30.6 Å². The van der Waals surface area contributed by atoms with Crippen molar-refractivity contribution in [1.29, 1.82) is 0 Å². The number of hydrogen-bond donors (Lipinski definition) is 1. The summed E-state index contributed by atoms with van der Waals surface area (Å²) >= 11 is 0. The van der Waals surface area contributed by atoms with E-state index in [1.54, 1.807) is 17.1 Å². The Balaban J connectivity index is 2.49. The van der Waals surface area contributed by atoms with Crippen LogP contribution in [0.15, 0.2) is 0 Å². The molecular weight excluding hydrogens is 277 g/mol. The van der Waals surface area contributed by atoms with Crippen LogP contribution in [0.5, 0.6) is 0 Å². The molecule has 0 aliphatic carbocycles. The Morgan fingerprint density at radius 3 is 2.65 bits per heavy atom. The molecule has 116 valence electrons. The summed E-state index contributed by atoms with van der Waals surface area (Å²) in [5.74, 6) is -1.16. The molecule has 20 heavy (non-hydrogen) atoms. The van der Waals surface area contributed by atoms with E-state index in [2.05, 4.69) is 0 Å². The van der Waals surface area contributed by atoms with Crippen molar-refractivity contribution in [2.24, 2.45) is 0 Å². The largest absolute Gasteiger partial charge is 0.465 e. The smallest absolute Gasteiger partial charge is 0.405 e. The number of likely N-dealkylation sites (tertiary alicyclic amines) is 1. The van der Waals surface area contributed by atoms with E-state index in [9.17, 15) is 22.8 Å². The molecule has 1 aliphatic heterocycles. The third kappa shape index (κ3) is 5.77. The third-order valence-electron chi connectivity index (χ3n) is 3.01. The van der Waals surface area contributed by atoms with Gasteiger partial charge in [-0.25, -0.2) is 0 Å². The lowest BCUT2D eigenvalue weighted by Gasteiger charge is -2.33. The average molecular weight is 296 g/mol. The number of carbonyl (C=O) groups is 2. The molecule has 1 rings (SSSR count). The van der Waals surface area contributed by atoms with Crippen LogP contribution in [-0.2, 0) is 14.3 Å². The summed E-state index contributed by atoms with van der Waals surface area (Å²) in [5, 5.41) is 1.80. The van der Waals surface area contributed by atoms with Crippen molar-refractivity contribution in [3.05, 3.63) is 0 Å². The zero-order chi connectivity index (χ0) is 15.2. The summed E-state index contributed by atoms with van der Waals surface area (Å²) in [6.07, 6.45) is -2.23. The van der Waals surface area contributed by atoms with Gasteiger partial charge in [-0.05, 0) is 26.3 Å². The molecule has 0 bridgehead atoms. The second kappa shape index (κ2) is 7.47. The Hall–Kier alpha value is -1.31. The first kappa shape index (κ1) is 16.7. The quantitative estimate of drug-likeness (QED) is 0.771. The molecule has 1 heterocycles. The van der Waals surface area contributed by atoms with Gasteiger partial charge in [0.05, 0.1) is 13.2 Å². The molecular formula is C12H19F3N2O3. The maximum absolute atomic E-state index is 12.0. The number of nitrogens with one attached hydrogen (secondary N) is 1. The van der Waals surface area contributed by atoms with Crippen LogP contribution in [0.4, 0.5) is 13.2 Å². The van der Waals surface area contributed by atoms with Crippen molar-refractivity contribution in [3.63, 3.8) is 0 Å². The maximum atomic E-state index is 12.0. The van der Waals surface area contributed by atoms with E-state index in [-0.39, 0.29) is 13.2 Å². The molecule has 1 fully saturated rings. The lowest BCUT2D eigenvalue weighted by molar-refractivity contribution is -0.152. The van der Waals surface area contributed by atoms with E-state index in [0.29, 0.717) is 13.0 Å². The van der Waals surface area contributed by atoms with Gasteiger partial charge >= 0.3 is 12.1 Å². The Morgan fingerprint density at radius 2 is 2.05 bits per heavy atom. The van der Waals surface area contributed by atoms with Crippen LogP contribution in [0.2, 0.25) is 0 Å². The highest BCUT2D eigenvalue weighted by Gasteiger charge is 2.32. The Kier molecular flexibility index (Phi) is 6.25. The monoisotopic (exact) mass is 296 g/mol. The van der Waals surface area contributed by atoms with Crippen LogP contribution in [0.25, 0.3) is 0 Å². The molecule has 1 N–H and O–H groups in total. The number of carbonyl (C=O) groups excluding carboxylic acids is 2. The molecule has 1 atom stereocenters. The predicted molar refractivity (Wildman–Crippen MR) is 64.9 cm³/mol. The Labute approximate surface area is 115 Å². The summed E-state index contributed by atoms with van der Waals surface area (Å²) in [4.78, 5) is 24.8. The molecule has 5 nitrogen and oxygen atoms in total. The minimum Gasteiger partial charge on any atom is -0.465 e. The third-order valence-corrected chi connectivity index (χ3v) is 3.01. The number of alkyl halides is 3. The first-order valence-corrected chi connectivity index (χ1v) is 6.57. The van der Waals surface area contributed by atoms with Gasteiger partial charge in [0, 0.05) is 0 Å². The fourth-order valence-electron chi connectivity index (χ4n) is 2.12. The number of amides is 1. The number of esters is 1. The molecule has 0 saturated carbocycles. The summed E-state index contributed by atoms with van der Waals surface area (Å²) in [7, 11) is 0. The Morgan fingerprint density at radius 1 is 1.35 bits per heavy atom. The topological polar surface area (TPSA) is 58.6 Å². The van der Waals surface area contributed by atoms with Crippen molar-refractivity contribution in [2.75, 3.05) is 26.2 Å². The summed E-state index contributed by atoms with van der Waals surface area (Å²) in [5.41, 5.74) is 0. The van der Waals surface area contributed by atoms with Crippen molar-refractivity contribution in [1.82, 2.24) is 10.2 Å². The van der Waals surface area contributed by atoms with E-state index >= 15 is 0 Å². The van der Waals surface area contributed by atoms with Gasteiger partial charge in [0.15, 0.2) is 0 Å². The van der Waals surface area contributed by atoms with Gasteiger partial charge < -0.3 is 10.1 Å². The average Bonchev–Trinajstić information content (AvgIpc) is 2.36. The highest BCUT2D eigenvalue weighted by Crippen LogP contribution is 2.18. The molecule has 1 unspecified atom stereocenters. The molecule has 1 aliphatic rings. The number of hydrogen-bond acceptors (Lipinski definition) is 4. The molecule has 8 heteroatoms. The van der Waals surface area contributed by atoms with Crippen LogP contribution < -0.4 is 5.32 Å². The lowest BCUT2D eigenvalue weighted by atomic mass is 10.0. The van der Waals surface area contributed by atoms with Crippen LogP contribution in [0, 0.1) is 0 Å². The van der Waals surface area contributed by atoms with Gasteiger partial charge in [-0.3, -0.25) is 14.5 Å². The van der Waals surface area contributed by atoms with Crippen molar-refractivity contribution >= 4 is 11.9 Å². The van der Waals surface area contributed by atoms with Gasteiger partial charge in [0.2, 0.25) is 5.91 Å². The summed E-state index contributed by atoms with van der Waals surface area (Å²) in [6, 6.07) is -0.541. The molecule has 0 aromatic carbocycles. The van der Waals surface area contributed by atoms with E-state index in [1.807, 2.05) is 0 Å². The van der Waals surface area contributed by atoms with Gasteiger partial charge in [-0.2, -0.15) is 13.2 Å². The molecule has 0 aromatic heterocycles. The van der Waals surface area contributed by atoms with Crippen LogP contribution in [0.3, 0.4) is 0 Å². The molecule has 0 aromatic rings. The van der Waals surface area contributed by atoms with Gasteiger partial charge in [0.25, 0.3) is 0 Å². The van der Waals surface area contributed by atoms with Crippen molar-refractivity contribution in [3.8, 4) is 0 Å². The zero-order valence-corrected chi connectivity index (χ0v) is 11.3. The molecule has 1 saturated heterocycles. The van der Waals surface area contributed by atoms with Crippen LogP contribution in [-0.4, -0.2) is 55.2 Å². The number of halogens is 3. The summed E-state index contributed by atoms with van der Waals surface area (Å²) < 4.78 is 40.9.